The van der Waals surface area contributed by atoms with Gasteiger partial charge < -0.3 is 5.32 Å². The highest BCUT2D eigenvalue weighted by Gasteiger charge is 2.19. The topological polar surface area (TPSA) is 121 Å². The minimum atomic E-state index is 0.437. The zero-order valence-corrected chi connectivity index (χ0v) is 15.0. The summed E-state index contributed by atoms with van der Waals surface area (Å²) in [6, 6.07) is 6.27. The lowest BCUT2D eigenvalue weighted by Crippen LogP contribution is -2.16. The molecule has 0 saturated heterocycles. The standard InChI is InChI=1S/C19H17N9/c20-7-12-5-13-9-24-28(19(13)22-8-12)18-6-16(25-14-3-1-2-4-14)15(10-21-18)17-11-23-27-26-17/h5-6,8-11,14H,1-4H2,(H,21,25)(H,23,26,27). The van der Waals surface area contributed by atoms with Gasteiger partial charge in [-0.1, -0.05) is 12.8 Å². The van der Waals surface area contributed by atoms with E-state index in [4.69, 9.17) is 5.26 Å². The number of H-pyrrole nitrogens is 1. The molecule has 28 heavy (non-hydrogen) atoms. The van der Waals surface area contributed by atoms with Gasteiger partial charge in [-0.15, -0.1) is 0 Å². The zero-order chi connectivity index (χ0) is 18.9. The molecule has 4 aromatic rings. The number of nitriles is 1. The molecule has 0 bridgehead atoms. The van der Waals surface area contributed by atoms with Crippen molar-refractivity contribution in [2.45, 2.75) is 31.7 Å². The Labute approximate surface area is 160 Å². The Morgan fingerprint density at radius 3 is 2.79 bits per heavy atom. The SMILES string of the molecule is N#Cc1cnc2c(cnn2-c2cc(NC3CCCC3)c(-c3cn[nH]n3)cn2)c1. The summed E-state index contributed by atoms with van der Waals surface area (Å²) in [5.41, 5.74) is 3.74. The Balaban J connectivity index is 1.59. The van der Waals surface area contributed by atoms with Gasteiger partial charge in [0, 0.05) is 41.1 Å². The molecule has 2 N–H and O–H groups in total. The Bertz CT molecular complexity index is 1160. The molecule has 5 rings (SSSR count). The number of fused-ring (bicyclic) bond motifs is 1. The molecular weight excluding hydrogens is 354 g/mol. The van der Waals surface area contributed by atoms with Crippen LogP contribution in [0.3, 0.4) is 0 Å². The van der Waals surface area contributed by atoms with Crippen LogP contribution in [0.2, 0.25) is 0 Å². The molecule has 0 atom stereocenters. The van der Waals surface area contributed by atoms with Gasteiger partial charge in [0.25, 0.3) is 0 Å². The van der Waals surface area contributed by atoms with Gasteiger partial charge >= 0.3 is 0 Å². The fraction of sp³-hybridized carbons (Fsp3) is 0.263. The Morgan fingerprint density at radius 1 is 1.11 bits per heavy atom. The number of aromatic amines is 1. The van der Waals surface area contributed by atoms with Gasteiger partial charge in [-0.2, -0.15) is 30.5 Å². The van der Waals surface area contributed by atoms with Crippen molar-refractivity contribution in [3.63, 3.8) is 0 Å². The highest BCUT2D eigenvalue weighted by molar-refractivity contribution is 5.79. The van der Waals surface area contributed by atoms with Gasteiger partial charge in [0.05, 0.1) is 18.0 Å². The van der Waals surface area contributed by atoms with Crippen LogP contribution >= 0.6 is 0 Å². The van der Waals surface area contributed by atoms with Crippen molar-refractivity contribution < 1.29 is 0 Å². The first kappa shape index (κ1) is 16.4. The summed E-state index contributed by atoms with van der Waals surface area (Å²) in [5, 5.41) is 28.7. The normalized spacial score (nSPS) is 14.4. The number of rotatable bonds is 4. The molecule has 1 aliphatic rings. The number of pyridine rings is 2. The summed E-state index contributed by atoms with van der Waals surface area (Å²) >= 11 is 0. The minimum Gasteiger partial charge on any atom is -0.382 e. The molecule has 1 saturated carbocycles. The molecule has 1 aliphatic carbocycles. The lowest BCUT2D eigenvalue weighted by molar-refractivity contribution is 0.754. The van der Waals surface area contributed by atoms with Gasteiger partial charge in [-0.25, -0.2) is 9.97 Å². The molecular formula is C19H17N9. The Morgan fingerprint density at radius 2 is 2.00 bits per heavy atom. The molecule has 4 aromatic heterocycles. The molecule has 9 nitrogen and oxygen atoms in total. The number of hydrogen-bond donors (Lipinski definition) is 2. The number of hydrogen-bond acceptors (Lipinski definition) is 7. The third-order valence-corrected chi connectivity index (χ3v) is 5.05. The summed E-state index contributed by atoms with van der Waals surface area (Å²) in [7, 11) is 0. The van der Waals surface area contributed by atoms with Crippen LogP contribution in [0.5, 0.6) is 0 Å². The Kier molecular flexibility index (Phi) is 3.94. The maximum atomic E-state index is 9.06. The van der Waals surface area contributed by atoms with E-state index in [9.17, 15) is 0 Å². The van der Waals surface area contributed by atoms with Crippen LogP contribution < -0.4 is 5.32 Å². The number of nitrogens with one attached hydrogen (secondary N) is 2. The van der Waals surface area contributed by atoms with E-state index in [1.165, 1.54) is 12.8 Å². The highest BCUT2D eigenvalue weighted by atomic mass is 15.3. The predicted octanol–water partition coefficient (Wildman–Crippen LogP) is 2.83. The molecule has 1 fully saturated rings. The quantitative estimate of drug-likeness (QED) is 0.566. The van der Waals surface area contributed by atoms with Crippen LogP contribution in [0.25, 0.3) is 28.1 Å². The summed E-state index contributed by atoms with van der Waals surface area (Å²) < 4.78 is 1.68. The lowest BCUT2D eigenvalue weighted by atomic mass is 10.1. The second kappa shape index (κ2) is 6.74. The third-order valence-electron chi connectivity index (χ3n) is 5.05. The Hall–Kier alpha value is -3.80. The molecule has 0 radical (unpaired) electrons. The van der Waals surface area contributed by atoms with E-state index in [2.05, 4.69) is 41.9 Å². The molecule has 0 spiro atoms. The summed E-state index contributed by atoms with van der Waals surface area (Å²) in [5.74, 6) is 0.653. The maximum absolute atomic E-state index is 9.06. The molecule has 4 heterocycles. The van der Waals surface area contributed by atoms with E-state index in [1.54, 1.807) is 35.5 Å². The zero-order valence-electron chi connectivity index (χ0n) is 15.0. The van der Waals surface area contributed by atoms with Crippen molar-refractivity contribution in [3.05, 3.63) is 42.5 Å². The fourth-order valence-corrected chi connectivity index (χ4v) is 3.66. The van der Waals surface area contributed by atoms with Crippen molar-refractivity contribution in [1.82, 2.24) is 35.2 Å². The van der Waals surface area contributed by atoms with E-state index < -0.39 is 0 Å². The summed E-state index contributed by atoms with van der Waals surface area (Å²) in [6.07, 6.45) is 11.5. The maximum Gasteiger partial charge on any atom is 0.164 e. The first-order chi connectivity index (χ1) is 13.8. The van der Waals surface area contributed by atoms with Crippen LogP contribution in [0, 0.1) is 11.3 Å². The van der Waals surface area contributed by atoms with Gasteiger partial charge in [0.2, 0.25) is 0 Å². The van der Waals surface area contributed by atoms with E-state index in [0.29, 0.717) is 23.1 Å². The molecule has 138 valence electrons. The molecule has 0 amide bonds. The van der Waals surface area contributed by atoms with Gasteiger partial charge in [-0.3, -0.25) is 0 Å². The lowest BCUT2D eigenvalue weighted by Gasteiger charge is -2.17. The minimum absolute atomic E-state index is 0.437. The van der Waals surface area contributed by atoms with Crippen LogP contribution in [0.15, 0.2) is 36.9 Å². The van der Waals surface area contributed by atoms with E-state index in [0.717, 1.165) is 35.2 Å². The summed E-state index contributed by atoms with van der Waals surface area (Å²) in [4.78, 5) is 8.96. The molecule has 0 unspecified atom stereocenters. The van der Waals surface area contributed by atoms with Gasteiger partial charge in [-0.05, 0) is 18.9 Å². The second-order valence-corrected chi connectivity index (χ2v) is 6.87. The monoisotopic (exact) mass is 371 g/mol. The van der Waals surface area contributed by atoms with Crippen LogP contribution in [0.1, 0.15) is 31.2 Å². The van der Waals surface area contributed by atoms with Crippen molar-refractivity contribution in [3.8, 4) is 23.1 Å². The average Bonchev–Trinajstić information content (AvgIpc) is 3.49. The number of anilines is 1. The average molecular weight is 371 g/mol. The van der Waals surface area contributed by atoms with E-state index in [-0.39, 0.29) is 0 Å². The first-order valence-corrected chi connectivity index (χ1v) is 9.19. The second-order valence-electron chi connectivity index (χ2n) is 6.87. The van der Waals surface area contributed by atoms with Crippen LogP contribution in [-0.4, -0.2) is 41.2 Å². The smallest absolute Gasteiger partial charge is 0.164 e. The fourth-order valence-electron chi connectivity index (χ4n) is 3.66. The van der Waals surface area contributed by atoms with E-state index >= 15 is 0 Å². The van der Waals surface area contributed by atoms with Gasteiger partial charge in [0.15, 0.2) is 11.5 Å². The molecule has 0 aliphatic heterocycles. The van der Waals surface area contributed by atoms with Crippen molar-refractivity contribution >= 4 is 16.7 Å². The summed E-state index contributed by atoms with van der Waals surface area (Å²) in [6.45, 7) is 0. The molecule has 0 aromatic carbocycles. The van der Waals surface area contributed by atoms with E-state index in [1.807, 2.05) is 6.07 Å². The number of nitrogens with zero attached hydrogens (tertiary/aromatic N) is 7. The van der Waals surface area contributed by atoms with Crippen LogP contribution in [0.4, 0.5) is 5.69 Å². The van der Waals surface area contributed by atoms with Crippen molar-refractivity contribution in [2.75, 3.05) is 5.32 Å². The predicted molar refractivity (Wildman–Crippen MR) is 103 cm³/mol. The van der Waals surface area contributed by atoms with Crippen molar-refractivity contribution in [2.24, 2.45) is 0 Å². The number of aromatic nitrogens is 7. The highest BCUT2D eigenvalue weighted by Crippen LogP contribution is 2.31. The van der Waals surface area contributed by atoms with Gasteiger partial charge in [0.1, 0.15) is 11.8 Å². The largest absolute Gasteiger partial charge is 0.382 e. The first-order valence-electron chi connectivity index (χ1n) is 9.19. The van der Waals surface area contributed by atoms with Crippen molar-refractivity contribution in [1.29, 1.82) is 5.26 Å². The molecule has 9 heteroatoms. The van der Waals surface area contributed by atoms with Crippen LogP contribution in [-0.2, 0) is 0 Å². The third kappa shape index (κ3) is 2.85.